The van der Waals surface area contributed by atoms with Gasteiger partial charge in [-0.3, -0.25) is 0 Å². The molecule has 1 unspecified atom stereocenters. The van der Waals surface area contributed by atoms with Crippen LogP contribution in [0.25, 0.3) is 0 Å². The Kier molecular flexibility index (Phi) is 7.89. The van der Waals surface area contributed by atoms with Crippen LogP contribution < -0.4 is 4.74 Å². The second-order valence-electron chi connectivity index (χ2n) is 2.78. The third-order valence-electron chi connectivity index (χ3n) is 1.17. The van der Waals surface area contributed by atoms with Crippen LogP contribution in [0.1, 0.15) is 20.3 Å². The van der Waals surface area contributed by atoms with Gasteiger partial charge in [0.05, 0.1) is 0 Å². The maximum atomic E-state index is 8.84. The Balaban J connectivity index is 0.000000500. The summed E-state index contributed by atoms with van der Waals surface area (Å²) in [5, 5.41) is 17.3. The molecule has 2 N–H and O–H groups in total. The van der Waals surface area contributed by atoms with Crippen molar-refractivity contribution in [3.8, 4) is 5.75 Å². The minimum Gasteiger partial charge on any atom is -0.463 e. The Morgan fingerprint density at radius 1 is 1.21 bits per heavy atom. The van der Waals surface area contributed by atoms with E-state index in [-0.39, 0.29) is 0 Å². The molecule has 1 rings (SSSR count). The second-order valence-corrected chi connectivity index (χ2v) is 2.78. The Bertz CT molecular complexity index is 211. The van der Waals surface area contributed by atoms with Crippen LogP contribution in [0, 0.1) is 0 Å². The first-order valence-electron chi connectivity index (χ1n) is 4.75. The summed E-state index contributed by atoms with van der Waals surface area (Å²) in [5.74, 6) is 0.550. The molecule has 0 aliphatic heterocycles. The molecule has 0 saturated carbocycles. The predicted molar refractivity (Wildman–Crippen MR) is 56.1 cm³/mol. The predicted octanol–water partition coefficient (Wildman–Crippen LogP) is 1.79. The molecule has 0 spiro atoms. The van der Waals surface area contributed by atoms with E-state index in [1.807, 2.05) is 6.07 Å². The topological polar surface area (TPSA) is 49.7 Å². The number of aliphatic hydroxyl groups is 2. The van der Waals surface area contributed by atoms with Crippen molar-refractivity contribution in [3.63, 3.8) is 0 Å². The molecule has 0 saturated heterocycles. The Labute approximate surface area is 85.0 Å². The molecule has 1 atom stereocenters. The van der Waals surface area contributed by atoms with Gasteiger partial charge in [0, 0.05) is 0 Å². The SMILES string of the molecule is CCC.OCC(O)Oc1ccccc1. The van der Waals surface area contributed by atoms with Crippen molar-refractivity contribution in [2.24, 2.45) is 0 Å². The van der Waals surface area contributed by atoms with E-state index in [0.29, 0.717) is 5.75 Å². The van der Waals surface area contributed by atoms with Crippen LogP contribution >= 0.6 is 0 Å². The Morgan fingerprint density at radius 3 is 2.14 bits per heavy atom. The van der Waals surface area contributed by atoms with E-state index < -0.39 is 12.9 Å². The summed E-state index contributed by atoms with van der Waals surface area (Å²) in [4.78, 5) is 0. The molecule has 0 heterocycles. The molecule has 14 heavy (non-hydrogen) atoms. The van der Waals surface area contributed by atoms with Gasteiger partial charge in [-0.25, -0.2) is 0 Å². The molecule has 0 amide bonds. The number of rotatable bonds is 3. The summed E-state index contributed by atoms with van der Waals surface area (Å²) >= 11 is 0. The summed E-state index contributed by atoms with van der Waals surface area (Å²) in [6.07, 6.45) is 0.123. The lowest BCUT2D eigenvalue weighted by atomic mass is 10.3. The minimum atomic E-state index is -1.13. The van der Waals surface area contributed by atoms with Gasteiger partial charge in [-0.05, 0) is 12.1 Å². The van der Waals surface area contributed by atoms with Gasteiger partial charge < -0.3 is 14.9 Å². The molecular formula is C11H18O3. The fourth-order valence-corrected chi connectivity index (χ4v) is 0.693. The minimum absolute atomic E-state index is 0.394. The number of para-hydroxylation sites is 1. The van der Waals surface area contributed by atoms with Crippen LogP contribution in [0.15, 0.2) is 30.3 Å². The highest BCUT2D eigenvalue weighted by atomic mass is 16.6. The summed E-state index contributed by atoms with van der Waals surface area (Å²) in [5.41, 5.74) is 0. The van der Waals surface area contributed by atoms with Crippen molar-refractivity contribution < 1.29 is 14.9 Å². The molecule has 0 aliphatic carbocycles. The van der Waals surface area contributed by atoms with Crippen LogP contribution in [0.2, 0.25) is 0 Å². The zero-order chi connectivity index (χ0) is 10.8. The summed E-state index contributed by atoms with van der Waals surface area (Å²) in [6, 6.07) is 8.84. The third kappa shape index (κ3) is 6.46. The van der Waals surface area contributed by atoms with Crippen LogP contribution in [0.3, 0.4) is 0 Å². The molecule has 0 radical (unpaired) electrons. The van der Waals surface area contributed by atoms with E-state index in [1.165, 1.54) is 6.42 Å². The fourth-order valence-electron chi connectivity index (χ4n) is 0.693. The van der Waals surface area contributed by atoms with Crippen LogP contribution in [-0.4, -0.2) is 23.1 Å². The summed E-state index contributed by atoms with van der Waals surface area (Å²) in [6.45, 7) is 3.86. The number of hydrogen-bond acceptors (Lipinski definition) is 3. The lowest BCUT2D eigenvalue weighted by Gasteiger charge is -2.09. The molecule has 0 bridgehead atoms. The molecule has 3 heteroatoms. The van der Waals surface area contributed by atoms with Gasteiger partial charge in [0.25, 0.3) is 0 Å². The first-order chi connectivity index (χ1) is 6.74. The van der Waals surface area contributed by atoms with Gasteiger partial charge >= 0.3 is 0 Å². The van der Waals surface area contributed by atoms with E-state index in [1.54, 1.807) is 24.3 Å². The Morgan fingerprint density at radius 2 is 1.71 bits per heavy atom. The van der Waals surface area contributed by atoms with Crippen LogP contribution in [-0.2, 0) is 0 Å². The summed E-state index contributed by atoms with van der Waals surface area (Å²) in [7, 11) is 0. The van der Waals surface area contributed by atoms with Gasteiger partial charge in [-0.2, -0.15) is 0 Å². The van der Waals surface area contributed by atoms with E-state index >= 15 is 0 Å². The normalized spacial score (nSPS) is 11.1. The fraction of sp³-hybridized carbons (Fsp3) is 0.455. The summed E-state index contributed by atoms with van der Waals surface area (Å²) < 4.78 is 4.87. The quantitative estimate of drug-likeness (QED) is 0.728. The maximum absolute atomic E-state index is 8.84. The van der Waals surface area contributed by atoms with Gasteiger partial charge in [0.2, 0.25) is 6.29 Å². The van der Waals surface area contributed by atoms with Crippen molar-refractivity contribution >= 4 is 0 Å². The molecule has 3 nitrogen and oxygen atoms in total. The second kappa shape index (κ2) is 8.53. The van der Waals surface area contributed by atoms with Gasteiger partial charge in [-0.1, -0.05) is 38.5 Å². The molecule has 0 fully saturated rings. The van der Waals surface area contributed by atoms with Crippen molar-refractivity contribution in [2.45, 2.75) is 26.6 Å². The highest BCUT2D eigenvalue weighted by Gasteiger charge is 2.00. The Hall–Kier alpha value is -1.06. The molecule has 0 aliphatic rings. The smallest absolute Gasteiger partial charge is 0.220 e. The molecule has 0 aromatic heterocycles. The lowest BCUT2D eigenvalue weighted by Crippen LogP contribution is -2.19. The molecule has 1 aromatic rings. The molecule has 80 valence electrons. The number of aliphatic hydroxyl groups excluding tert-OH is 2. The standard InChI is InChI=1S/C8H10O3.C3H8/c9-6-8(10)11-7-4-2-1-3-5-7;1-3-2/h1-5,8-10H,6H2;3H2,1-2H3. The lowest BCUT2D eigenvalue weighted by molar-refractivity contribution is -0.0548. The number of benzene rings is 1. The average Bonchev–Trinajstić information content (AvgIpc) is 2.20. The highest BCUT2D eigenvalue weighted by molar-refractivity contribution is 5.20. The van der Waals surface area contributed by atoms with Gasteiger partial charge in [0.15, 0.2) is 0 Å². The van der Waals surface area contributed by atoms with Crippen molar-refractivity contribution in [3.05, 3.63) is 30.3 Å². The maximum Gasteiger partial charge on any atom is 0.220 e. The van der Waals surface area contributed by atoms with Crippen LogP contribution in [0.4, 0.5) is 0 Å². The monoisotopic (exact) mass is 198 g/mol. The van der Waals surface area contributed by atoms with Crippen molar-refractivity contribution in [1.82, 2.24) is 0 Å². The van der Waals surface area contributed by atoms with Crippen LogP contribution in [0.5, 0.6) is 5.75 Å². The zero-order valence-electron chi connectivity index (χ0n) is 8.68. The van der Waals surface area contributed by atoms with E-state index in [4.69, 9.17) is 14.9 Å². The number of hydrogen-bond donors (Lipinski definition) is 2. The van der Waals surface area contributed by atoms with E-state index in [2.05, 4.69) is 13.8 Å². The highest BCUT2D eigenvalue weighted by Crippen LogP contribution is 2.09. The van der Waals surface area contributed by atoms with Crippen molar-refractivity contribution in [2.75, 3.05) is 6.61 Å². The molecule has 1 aromatic carbocycles. The van der Waals surface area contributed by atoms with Crippen molar-refractivity contribution in [1.29, 1.82) is 0 Å². The average molecular weight is 198 g/mol. The van der Waals surface area contributed by atoms with Gasteiger partial charge in [0.1, 0.15) is 12.4 Å². The van der Waals surface area contributed by atoms with E-state index in [9.17, 15) is 0 Å². The largest absolute Gasteiger partial charge is 0.463 e. The third-order valence-corrected chi connectivity index (χ3v) is 1.17. The van der Waals surface area contributed by atoms with Gasteiger partial charge in [-0.15, -0.1) is 0 Å². The first kappa shape index (κ1) is 12.9. The zero-order valence-corrected chi connectivity index (χ0v) is 8.68. The first-order valence-corrected chi connectivity index (χ1v) is 4.75. The van der Waals surface area contributed by atoms with E-state index in [0.717, 1.165) is 0 Å². The number of ether oxygens (including phenoxy) is 1. The molecular weight excluding hydrogens is 180 g/mol.